The number of nitrogens with two attached hydrogens (primary N) is 1. The largest absolute Gasteiger partial charge is 0.397 e. The number of anilines is 1. The Bertz CT molecular complexity index is 1620. The van der Waals surface area contributed by atoms with Crippen molar-refractivity contribution in [1.29, 1.82) is 0 Å². The molecule has 4 N–H and O–H groups in total. The molecule has 0 bridgehead atoms. The van der Waals surface area contributed by atoms with Gasteiger partial charge in [0.2, 0.25) is 0 Å². The van der Waals surface area contributed by atoms with Crippen LogP contribution in [0.3, 0.4) is 0 Å². The molecule has 0 unspecified atom stereocenters. The summed E-state index contributed by atoms with van der Waals surface area (Å²) in [6.07, 6.45) is 5.09. The van der Waals surface area contributed by atoms with Gasteiger partial charge in [-0.2, -0.15) is 5.10 Å². The number of nitrogen functional groups attached to an aromatic ring is 1. The number of nitrogens with zero attached hydrogens (tertiary/aromatic N) is 4. The van der Waals surface area contributed by atoms with Crippen LogP contribution in [0.4, 0.5) is 10.1 Å². The molecule has 6 rings (SSSR count). The quantitative estimate of drug-likeness (QED) is 0.374. The molecular formula is C24H16FN7. The Morgan fingerprint density at radius 2 is 1.75 bits per heavy atom. The van der Waals surface area contributed by atoms with E-state index in [1.807, 2.05) is 36.4 Å². The zero-order valence-corrected chi connectivity index (χ0v) is 16.7. The van der Waals surface area contributed by atoms with Gasteiger partial charge in [0.15, 0.2) is 11.5 Å². The summed E-state index contributed by atoms with van der Waals surface area (Å²) in [5, 5.41) is 8.23. The maximum Gasteiger partial charge on any atom is 0.159 e. The van der Waals surface area contributed by atoms with Gasteiger partial charge in [-0.15, -0.1) is 0 Å². The van der Waals surface area contributed by atoms with E-state index in [9.17, 15) is 4.39 Å². The molecule has 0 saturated heterocycles. The molecule has 0 aliphatic heterocycles. The number of imidazole rings is 1. The highest BCUT2D eigenvalue weighted by atomic mass is 19.1. The number of H-pyrrole nitrogens is 2. The third-order valence-corrected chi connectivity index (χ3v) is 5.38. The summed E-state index contributed by atoms with van der Waals surface area (Å²) in [7, 11) is 0. The van der Waals surface area contributed by atoms with E-state index in [-0.39, 0.29) is 5.82 Å². The molecule has 0 aliphatic carbocycles. The van der Waals surface area contributed by atoms with Crippen LogP contribution >= 0.6 is 0 Å². The van der Waals surface area contributed by atoms with E-state index in [0.717, 1.165) is 38.7 Å². The molecule has 0 spiro atoms. The number of pyridine rings is 2. The molecule has 2 aromatic carbocycles. The first kappa shape index (κ1) is 18.2. The van der Waals surface area contributed by atoms with Crippen LogP contribution in [0.2, 0.25) is 0 Å². The maximum absolute atomic E-state index is 13.8. The fourth-order valence-electron chi connectivity index (χ4n) is 3.89. The van der Waals surface area contributed by atoms with Gasteiger partial charge in [0.05, 0.1) is 22.1 Å². The van der Waals surface area contributed by atoms with Crippen molar-refractivity contribution in [1.82, 2.24) is 30.1 Å². The SMILES string of the molecule is Nc1cncc(-c2cnc3[nH]nc(-c4nc5c(-c6cccc(F)c6)cccc5[nH]4)c3c2)c1. The van der Waals surface area contributed by atoms with Crippen LogP contribution in [0.5, 0.6) is 0 Å². The summed E-state index contributed by atoms with van der Waals surface area (Å²) >= 11 is 0. The Balaban J connectivity index is 1.51. The third-order valence-electron chi connectivity index (χ3n) is 5.38. The molecule has 32 heavy (non-hydrogen) atoms. The Kier molecular flexibility index (Phi) is 3.97. The van der Waals surface area contributed by atoms with Crippen LogP contribution in [-0.2, 0) is 0 Å². The number of hydrogen-bond acceptors (Lipinski definition) is 5. The molecule has 7 nitrogen and oxygen atoms in total. The number of benzene rings is 2. The molecule has 0 aliphatic rings. The van der Waals surface area contributed by atoms with Crippen LogP contribution < -0.4 is 5.73 Å². The smallest absolute Gasteiger partial charge is 0.159 e. The monoisotopic (exact) mass is 421 g/mol. The Morgan fingerprint density at radius 3 is 2.62 bits per heavy atom. The van der Waals surface area contributed by atoms with Crippen molar-refractivity contribution in [3.8, 4) is 33.8 Å². The highest BCUT2D eigenvalue weighted by Crippen LogP contribution is 2.32. The van der Waals surface area contributed by atoms with Crippen molar-refractivity contribution in [3.63, 3.8) is 0 Å². The molecule has 8 heteroatoms. The van der Waals surface area contributed by atoms with E-state index in [0.29, 0.717) is 22.9 Å². The first-order valence-electron chi connectivity index (χ1n) is 9.96. The fraction of sp³-hybridized carbons (Fsp3) is 0. The van der Waals surface area contributed by atoms with E-state index in [4.69, 9.17) is 10.7 Å². The normalized spacial score (nSPS) is 11.4. The van der Waals surface area contributed by atoms with Crippen LogP contribution in [0.15, 0.2) is 73.2 Å². The number of nitrogens with one attached hydrogen (secondary N) is 2. The first-order valence-corrected chi connectivity index (χ1v) is 9.96. The molecule has 6 aromatic rings. The van der Waals surface area contributed by atoms with E-state index in [1.165, 1.54) is 12.1 Å². The van der Waals surface area contributed by atoms with Gasteiger partial charge in [0.1, 0.15) is 11.5 Å². The van der Waals surface area contributed by atoms with Crippen LogP contribution in [0, 0.1) is 5.82 Å². The number of hydrogen-bond donors (Lipinski definition) is 3. The lowest BCUT2D eigenvalue weighted by molar-refractivity contribution is 0.628. The van der Waals surface area contributed by atoms with Gasteiger partial charge in [-0.05, 0) is 35.9 Å². The predicted octanol–water partition coefficient (Wildman–Crippen LogP) is 4.95. The van der Waals surface area contributed by atoms with E-state index < -0.39 is 0 Å². The molecule has 0 amide bonds. The number of para-hydroxylation sites is 1. The Hall–Kier alpha value is -4.59. The minimum absolute atomic E-state index is 0.289. The van der Waals surface area contributed by atoms with Gasteiger partial charge in [0, 0.05) is 35.3 Å². The Labute approximate surface area is 181 Å². The number of rotatable bonds is 3. The van der Waals surface area contributed by atoms with Gasteiger partial charge >= 0.3 is 0 Å². The van der Waals surface area contributed by atoms with Gasteiger partial charge < -0.3 is 10.7 Å². The average molecular weight is 421 g/mol. The van der Waals surface area contributed by atoms with Crippen LogP contribution in [-0.4, -0.2) is 30.1 Å². The van der Waals surface area contributed by atoms with Crippen molar-refractivity contribution >= 4 is 27.8 Å². The van der Waals surface area contributed by atoms with E-state index in [1.54, 1.807) is 24.7 Å². The second-order valence-corrected chi connectivity index (χ2v) is 7.50. The van der Waals surface area contributed by atoms with E-state index in [2.05, 4.69) is 25.1 Å². The topological polar surface area (TPSA) is 109 Å². The summed E-state index contributed by atoms with van der Waals surface area (Å²) in [6, 6.07) is 16.1. The predicted molar refractivity (Wildman–Crippen MR) is 122 cm³/mol. The highest BCUT2D eigenvalue weighted by molar-refractivity contribution is 5.97. The van der Waals surface area contributed by atoms with Gasteiger partial charge in [-0.1, -0.05) is 24.3 Å². The van der Waals surface area contributed by atoms with Crippen molar-refractivity contribution in [3.05, 3.63) is 79.0 Å². The summed E-state index contributed by atoms with van der Waals surface area (Å²) in [6.45, 7) is 0. The second kappa shape index (κ2) is 6.98. The molecular weight excluding hydrogens is 405 g/mol. The molecule has 4 aromatic heterocycles. The van der Waals surface area contributed by atoms with Gasteiger partial charge in [-0.3, -0.25) is 10.1 Å². The zero-order chi connectivity index (χ0) is 21.7. The maximum atomic E-state index is 13.8. The van der Waals surface area contributed by atoms with Crippen LogP contribution in [0.25, 0.3) is 55.8 Å². The lowest BCUT2D eigenvalue weighted by Gasteiger charge is -2.02. The van der Waals surface area contributed by atoms with Crippen molar-refractivity contribution in [2.75, 3.05) is 5.73 Å². The van der Waals surface area contributed by atoms with Crippen molar-refractivity contribution in [2.24, 2.45) is 0 Å². The Morgan fingerprint density at radius 1 is 0.875 bits per heavy atom. The zero-order valence-electron chi connectivity index (χ0n) is 16.7. The fourth-order valence-corrected chi connectivity index (χ4v) is 3.89. The summed E-state index contributed by atoms with van der Waals surface area (Å²) in [5.41, 5.74) is 12.7. The number of halogens is 1. The minimum Gasteiger partial charge on any atom is -0.397 e. The number of fused-ring (bicyclic) bond motifs is 2. The molecule has 154 valence electrons. The summed E-state index contributed by atoms with van der Waals surface area (Å²) < 4.78 is 13.8. The standard InChI is InChI=1S/C24H16FN7/c25-16-4-1-3-13(7-16)18-5-2-6-20-21(18)30-24(29-20)22-19-9-15(11-28-23(19)32-31-22)14-8-17(26)12-27-10-14/h1-12H,26H2,(H,29,30)(H,28,31,32). The van der Waals surface area contributed by atoms with E-state index >= 15 is 0 Å². The first-order chi connectivity index (χ1) is 15.7. The lowest BCUT2D eigenvalue weighted by Crippen LogP contribution is -1.89. The molecule has 0 atom stereocenters. The highest BCUT2D eigenvalue weighted by Gasteiger charge is 2.16. The molecule has 0 fully saturated rings. The lowest BCUT2D eigenvalue weighted by atomic mass is 10.0. The summed E-state index contributed by atoms with van der Waals surface area (Å²) in [5.74, 6) is 0.308. The van der Waals surface area contributed by atoms with Crippen LogP contribution in [0.1, 0.15) is 0 Å². The number of aromatic amines is 2. The van der Waals surface area contributed by atoms with Gasteiger partial charge in [-0.25, -0.2) is 14.4 Å². The van der Waals surface area contributed by atoms with Crippen molar-refractivity contribution < 1.29 is 4.39 Å². The van der Waals surface area contributed by atoms with Crippen molar-refractivity contribution in [2.45, 2.75) is 0 Å². The molecule has 4 heterocycles. The minimum atomic E-state index is -0.289. The average Bonchev–Trinajstić information content (AvgIpc) is 3.42. The number of aromatic nitrogens is 6. The third kappa shape index (κ3) is 2.97. The summed E-state index contributed by atoms with van der Waals surface area (Å²) in [4.78, 5) is 16.8. The second-order valence-electron chi connectivity index (χ2n) is 7.50. The van der Waals surface area contributed by atoms with Gasteiger partial charge in [0.25, 0.3) is 0 Å². The molecule has 0 radical (unpaired) electrons. The molecule has 0 saturated carbocycles.